The van der Waals surface area contributed by atoms with E-state index in [4.69, 9.17) is 4.74 Å². The number of ether oxygens (including phenoxy) is 1. The average Bonchev–Trinajstić information content (AvgIpc) is 3.19. The molecule has 1 aliphatic rings. The topological polar surface area (TPSA) is 74.4 Å². The van der Waals surface area contributed by atoms with E-state index in [9.17, 15) is 9.59 Å². The van der Waals surface area contributed by atoms with Gasteiger partial charge in [-0.1, -0.05) is 48.5 Å². The molecule has 0 spiro atoms. The molecule has 2 N–H and O–H groups in total. The fourth-order valence-electron chi connectivity index (χ4n) is 3.21. The Bertz CT molecular complexity index is 961. The second-order valence-corrected chi connectivity index (χ2v) is 6.56. The van der Waals surface area contributed by atoms with Gasteiger partial charge >= 0.3 is 0 Å². The maximum atomic E-state index is 13.1. The van der Waals surface area contributed by atoms with Gasteiger partial charge in [-0.3, -0.25) is 9.59 Å². The molecule has 1 saturated heterocycles. The van der Waals surface area contributed by atoms with E-state index in [1.807, 2.05) is 36.4 Å². The maximum Gasteiger partial charge on any atom is 0.257 e. The number of anilines is 1. The summed E-state index contributed by atoms with van der Waals surface area (Å²) in [6, 6.07) is 20.4. The summed E-state index contributed by atoms with van der Waals surface area (Å²) in [4.78, 5) is 30.7. The predicted molar refractivity (Wildman–Crippen MR) is 107 cm³/mol. The summed E-state index contributed by atoms with van der Waals surface area (Å²) < 4.78 is 5.34. The lowest BCUT2D eigenvalue weighted by Gasteiger charge is -2.26. The number of hydrogen-bond donors (Lipinski definition) is 2. The third kappa shape index (κ3) is 3.82. The molecule has 6 nitrogen and oxygen atoms in total. The molecule has 0 atom stereocenters. The van der Waals surface area contributed by atoms with Gasteiger partial charge in [-0.25, -0.2) is 0 Å². The number of carbonyl (C=O) groups excluding carboxylic acids is 2. The van der Waals surface area contributed by atoms with Crippen LogP contribution in [0.25, 0.3) is 11.3 Å². The molecule has 2 amide bonds. The molecule has 0 aliphatic carbocycles. The van der Waals surface area contributed by atoms with Crippen LogP contribution in [0.15, 0.2) is 66.7 Å². The molecule has 1 fully saturated rings. The summed E-state index contributed by atoms with van der Waals surface area (Å²) in [7, 11) is 0. The van der Waals surface area contributed by atoms with Crippen molar-refractivity contribution in [2.75, 3.05) is 31.6 Å². The van der Waals surface area contributed by atoms with Gasteiger partial charge in [0.25, 0.3) is 11.8 Å². The third-order valence-corrected chi connectivity index (χ3v) is 4.71. The summed E-state index contributed by atoms with van der Waals surface area (Å²) in [5.41, 5.74) is 2.70. The van der Waals surface area contributed by atoms with Crippen molar-refractivity contribution in [2.45, 2.75) is 0 Å². The maximum absolute atomic E-state index is 13.1. The number of nitrogens with one attached hydrogen (secondary N) is 2. The Morgan fingerprint density at radius 1 is 0.929 bits per heavy atom. The van der Waals surface area contributed by atoms with Crippen LogP contribution in [0.2, 0.25) is 0 Å². The van der Waals surface area contributed by atoms with Crippen LogP contribution in [0.4, 0.5) is 5.82 Å². The number of benzene rings is 2. The molecular formula is C22H21N3O3. The molecular weight excluding hydrogens is 354 g/mol. The van der Waals surface area contributed by atoms with Crippen molar-refractivity contribution in [1.29, 1.82) is 0 Å². The number of aromatic amines is 1. The van der Waals surface area contributed by atoms with Crippen molar-refractivity contribution >= 4 is 17.6 Å². The summed E-state index contributed by atoms with van der Waals surface area (Å²) >= 11 is 0. The second kappa shape index (κ2) is 8.10. The van der Waals surface area contributed by atoms with Gasteiger partial charge in [0, 0.05) is 24.3 Å². The van der Waals surface area contributed by atoms with Gasteiger partial charge in [0.2, 0.25) is 0 Å². The standard InChI is InChI=1S/C22H21N3O3/c26-21(17-9-5-2-6-10-17)24-20-18(22(27)25-11-13-28-14-12-25)15-19(23-20)16-7-3-1-4-8-16/h1-10,15,23H,11-14H2,(H,24,26). The van der Waals surface area contributed by atoms with E-state index in [1.165, 1.54) is 0 Å². The minimum atomic E-state index is -0.266. The molecule has 2 aromatic carbocycles. The highest BCUT2D eigenvalue weighted by Gasteiger charge is 2.24. The SMILES string of the molecule is O=C(Nc1[nH]c(-c2ccccc2)cc1C(=O)N1CCOCC1)c1ccccc1. The predicted octanol–water partition coefficient (Wildman–Crippen LogP) is 3.41. The smallest absolute Gasteiger partial charge is 0.257 e. The zero-order valence-electron chi connectivity index (χ0n) is 15.4. The molecule has 0 saturated carbocycles. The first kappa shape index (κ1) is 18.0. The number of morpholine rings is 1. The number of rotatable bonds is 4. The fraction of sp³-hybridized carbons (Fsp3) is 0.182. The molecule has 0 radical (unpaired) electrons. The Kier molecular flexibility index (Phi) is 5.21. The Hall–Kier alpha value is -3.38. The van der Waals surface area contributed by atoms with E-state index < -0.39 is 0 Å². The first-order valence-corrected chi connectivity index (χ1v) is 9.24. The van der Waals surface area contributed by atoms with Gasteiger partial charge in [-0.15, -0.1) is 0 Å². The van der Waals surface area contributed by atoms with E-state index in [2.05, 4.69) is 10.3 Å². The largest absolute Gasteiger partial charge is 0.378 e. The Morgan fingerprint density at radius 2 is 1.57 bits per heavy atom. The highest BCUT2D eigenvalue weighted by Crippen LogP contribution is 2.27. The molecule has 28 heavy (non-hydrogen) atoms. The Morgan fingerprint density at radius 3 is 2.25 bits per heavy atom. The summed E-state index contributed by atoms with van der Waals surface area (Å²) in [6.07, 6.45) is 0. The van der Waals surface area contributed by atoms with Crippen LogP contribution in [0, 0.1) is 0 Å². The third-order valence-electron chi connectivity index (χ3n) is 4.71. The normalized spacial score (nSPS) is 13.9. The molecule has 142 valence electrons. The van der Waals surface area contributed by atoms with Gasteiger partial charge in [-0.2, -0.15) is 0 Å². The number of carbonyl (C=O) groups is 2. The van der Waals surface area contributed by atoms with Crippen LogP contribution < -0.4 is 5.32 Å². The lowest BCUT2D eigenvalue weighted by atomic mass is 10.1. The molecule has 3 aromatic rings. The Balaban J connectivity index is 1.67. The molecule has 1 aliphatic heterocycles. The van der Waals surface area contributed by atoms with Crippen molar-refractivity contribution in [3.05, 3.63) is 77.9 Å². The highest BCUT2D eigenvalue weighted by atomic mass is 16.5. The molecule has 0 bridgehead atoms. The number of amides is 2. The van der Waals surface area contributed by atoms with Crippen molar-refractivity contribution < 1.29 is 14.3 Å². The number of H-pyrrole nitrogens is 1. The first-order chi connectivity index (χ1) is 13.7. The van der Waals surface area contributed by atoms with E-state index in [1.54, 1.807) is 35.2 Å². The number of hydrogen-bond acceptors (Lipinski definition) is 3. The summed E-state index contributed by atoms with van der Waals surface area (Å²) in [6.45, 7) is 2.12. The highest BCUT2D eigenvalue weighted by molar-refractivity contribution is 6.09. The Labute approximate surface area is 163 Å². The van der Waals surface area contributed by atoms with Gasteiger partial charge in [0.1, 0.15) is 5.82 Å². The monoisotopic (exact) mass is 375 g/mol. The van der Waals surface area contributed by atoms with E-state index in [0.29, 0.717) is 43.2 Å². The van der Waals surface area contributed by atoms with Crippen LogP contribution in [0.3, 0.4) is 0 Å². The summed E-state index contributed by atoms with van der Waals surface area (Å²) in [5, 5.41) is 2.86. The molecule has 2 heterocycles. The van der Waals surface area contributed by atoms with Crippen LogP contribution >= 0.6 is 0 Å². The van der Waals surface area contributed by atoms with E-state index in [-0.39, 0.29) is 11.8 Å². The lowest BCUT2D eigenvalue weighted by molar-refractivity contribution is 0.0303. The molecule has 6 heteroatoms. The molecule has 4 rings (SSSR count). The fourth-order valence-corrected chi connectivity index (χ4v) is 3.21. The number of aromatic nitrogens is 1. The van der Waals surface area contributed by atoms with Gasteiger partial charge in [-0.05, 0) is 23.8 Å². The van der Waals surface area contributed by atoms with Crippen LogP contribution in [-0.2, 0) is 4.74 Å². The second-order valence-electron chi connectivity index (χ2n) is 6.56. The lowest BCUT2D eigenvalue weighted by Crippen LogP contribution is -2.40. The minimum Gasteiger partial charge on any atom is -0.378 e. The summed E-state index contributed by atoms with van der Waals surface area (Å²) in [5.74, 6) is 0.0207. The number of nitrogens with zero attached hydrogens (tertiary/aromatic N) is 1. The zero-order valence-corrected chi connectivity index (χ0v) is 15.4. The molecule has 0 unspecified atom stereocenters. The van der Waals surface area contributed by atoms with Crippen LogP contribution in [-0.4, -0.2) is 48.0 Å². The minimum absolute atomic E-state index is 0.120. The van der Waals surface area contributed by atoms with Crippen molar-refractivity contribution in [1.82, 2.24) is 9.88 Å². The van der Waals surface area contributed by atoms with Crippen molar-refractivity contribution in [2.24, 2.45) is 0 Å². The van der Waals surface area contributed by atoms with Gasteiger partial charge in [0.15, 0.2) is 0 Å². The zero-order chi connectivity index (χ0) is 19.3. The molecule has 1 aromatic heterocycles. The van der Waals surface area contributed by atoms with E-state index >= 15 is 0 Å². The van der Waals surface area contributed by atoms with Crippen LogP contribution in [0.5, 0.6) is 0 Å². The first-order valence-electron chi connectivity index (χ1n) is 9.24. The van der Waals surface area contributed by atoms with Gasteiger partial charge in [0.05, 0.1) is 18.8 Å². The van der Waals surface area contributed by atoms with Crippen molar-refractivity contribution in [3.63, 3.8) is 0 Å². The average molecular weight is 375 g/mol. The van der Waals surface area contributed by atoms with E-state index in [0.717, 1.165) is 11.3 Å². The van der Waals surface area contributed by atoms with Crippen LogP contribution in [0.1, 0.15) is 20.7 Å². The van der Waals surface area contributed by atoms with Crippen molar-refractivity contribution in [3.8, 4) is 11.3 Å². The van der Waals surface area contributed by atoms with Gasteiger partial charge < -0.3 is 19.9 Å². The quantitative estimate of drug-likeness (QED) is 0.734.